The highest BCUT2D eigenvalue weighted by atomic mass is 19.1. The number of rotatable bonds is 0. The molecule has 2 heteroatoms. The molecule has 1 aromatic carbocycles. The van der Waals surface area contributed by atoms with Crippen molar-refractivity contribution in [2.75, 3.05) is 18.5 Å². The van der Waals surface area contributed by atoms with Crippen molar-refractivity contribution < 1.29 is 4.39 Å². The molecule has 1 aliphatic heterocycles. The number of fused-ring (bicyclic) bond motifs is 1. The van der Waals surface area contributed by atoms with E-state index in [-0.39, 0.29) is 5.82 Å². The maximum absolute atomic E-state index is 13.1. The van der Waals surface area contributed by atoms with Crippen molar-refractivity contribution in [3.8, 4) is 0 Å². The number of hydrogen-bond donors (Lipinski definition) is 0. The molecule has 0 atom stereocenters. The summed E-state index contributed by atoms with van der Waals surface area (Å²) in [4.78, 5) is 2.17. The molecule has 0 aliphatic carbocycles. The van der Waals surface area contributed by atoms with Gasteiger partial charge in [0.2, 0.25) is 0 Å². The van der Waals surface area contributed by atoms with Gasteiger partial charge in [-0.15, -0.1) is 0 Å². The summed E-state index contributed by atoms with van der Waals surface area (Å²) in [6.07, 6.45) is 3.19. The van der Waals surface area contributed by atoms with Crippen molar-refractivity contribution in [1.82, 2.24) is 0 Å². The summed E-state index contributed by atoms with van der Waals surface area (Å²) >= 11 is 0. The summed E-state index contributed by atoms with van der Waals surface area (Å²) in [5.74, 6) is -0.160. The molecule has 0 saturated carbocycles. The fourth-order valence-corrected chi connectivity index (χ4v) is 1.86. The van der Waals surface area contributed by atoms with Crippen LogP contribution in [-0.4, -0.2) is 13.6 Å². The molecule has 1 aliphatic rings. The van der Waals surface area contributed by atoms with Crippen molar-refractivity contribution in [2.24, 2.45) is 0 Å². The van der Waals surface area contributed by atoms with Gasteiger partial charge in [-0.2, -0.15) is 0 Å². The lowest BCUT2D eigenvalue weighted by Crippen LogP contribution is -2.17. The number of halogens is 1. The Bertz CT molecular complexity index is 382. The van der Waals surface area contributed by atoms with E-state index in [1.165, 1.54) is 11.6 Å². The lowest BCUT2D eigenvalue weighted by atomic mass is 10.1. The number of benzene rings is 1. The van der Waals surface area contributed by atoms with Crippen molar-refractivity contribution in [1.29, 1.82) is 0 Å². The highest BCUT2D eigenvalue weighted by molar-refractivity contribution is 5.76. The Labute approximate surface area is 83.9 Å². The van der Waals surface area contributed by atoms with E-state index in [4.69, 9.17) is 0 Å². The molecule has 1 nitrogen and oxygen atoms in total. The van der Waals surface area contributed by atoms with Crippen LogP contribution in [0.4, 0.5) is 10.1 Å². The predicted octanol–water partition coefficient (Wildman–Crippen LogP) is 3.07. The first-order valence-corrected chi connectivity index (χ1v) is 4.86. The van der Waals surface area contributed by atoms with Gasteiger partial charge in [-0.1, -0.05) is 6.08 Å². The van der Waals surface area contributed by atoms with Crippen LogP contribution in [0.1, 0.15) is 18.9 Å². The van der Waals surface area contributed by atoms with E-state index in [2.05, 4.69) is 11.0 Å². The Morgan fingerprint density at radius 1 is 1.36 bits per heavy atom. The number of nitrogens with zero attached hydrogens (tertiary/aromatic N) is 1. The molecule has 0 aromatic heterocycles. The van der Waals surface area contributed by atoms with Crippen molar-refractivity contribution in [3.05, 3.63) is 35.7 Å². The van der Waals surface area contributed by atoms with Crippen LogP contribution in [0.15, 0.2) is 24.3 Å². The molecule has 2 rings (SSSR count). The molecular weight excluding hydrogens is 177 g/mol. The molecule has 0 saturated heterocycles. The van der Waals surface area contributed by atoms with Crippen LogP contribution in [0, 0.1) is 5.82 Å². The van der Waals surface area contributed by atoms with E-state index in [0.717, 1.165) is 24.2 Å². The van der Waals surface area contributed by atoms with E-state index in [1.807, 2.05) is 20.0 Å². The minimum absolute atomic E-state index is 0.160. The predicted molar refractivity (Wildman–Crippen MR) is 57.9 cm³/mol. The van der Waals surface area contributed by atoms with E-state index >= 15 is 0 Å². The summed E-state index contributed by atoms with van der Waals surface area (Å²) in [7, 11) is 2.04. The van der Waals surface area contributed by atoms with Crippen molar-refractivity contribution >= 4 is 11.3 Å². The molecule has 74 valence electrons. The van der Waals surface area contributed by atoms with Gasteiger partial charge in [0.15, 0.2) is 0 Å². The zero-order valence-corrected chi connectivity index (χ0v) is 8.55. The molecule has 0 amide bonds. The Hall–Kier alpha value is -1.31. The van der Waals surface area contributed by atoms with Gasteiger partial charge >= 0.3 is 0 Å². The normalized spacial score (nSPS) is 15.9. The SMILES string of the molecule is CC1=CCCN(C)c2ccc(F)cc21. The minimum atomic E-state index is -0.160. The second kappa shape index (κ2) is 3.45. The number of hydrogen-bond acceptors (Lipinski definition) is 1. The lowest BCUT2D eigenvalue weighted by molar-refractivity contribution is 0.627. The highest BCUT2D eigenvalue weighted by Crippen LogP contribution is 2.29. The van der Waals surface area contributed by atoms with E-state index in [9.17, 15) is 4.39 Å². The molecule has 0 radical (unpaired) electrons. The van der Waals surface area contributed by atoms with Crippen molar-refractivity contribution in [2.45, 2.75) is 13.3 Å². The topological polar surface area (TPSA) is 3.24 Å². The highest BCUT2D eigenvalue weighted by Gasteiger charge is 2.12. The first kappa shape index (κ1) is 9.25. The fourth-order valence-electron chi connectivity index (χ4n) is 1.86. The lowest BCUT2D eigenvalue weighted by Gasteiger charge is -2.19. The van der Waals surface area contributed by atoms with Gasteiger partial charge in [0.1, 0.15) is 5.82 Å². The van der Waals surface area contributed by atoms with Gasteiger partial charge in [0.25, 0.3) is 0 Å². The summed E-state index contributed by atoms with van der Waals surface area (Å²) in [6.45, 7) is 3.04. The molecule has 0 spiro atoms. The summed E-state index contributed by atoms with van der Waals surface area (Å²) in [5, 5.41) is 0. The molecular formula is C12H14FN. The molecule has 0 bridgehead atoms. The largest absolute Gasteiger partial charge is 0.374 e. The Kier molecular flexibility index (Phi) is 2.28. The first-order chi connectivity index (χ1) is 6.68. The second-order valence-corrected chi connectivity index (χ2v) is 3.76. The Balaban J connectivity index is 2.58. The van der Waals surface area contributed by atoms with Crippen molar-refractivity contribution in [3.63, 3.8) is 0 Å². The smallest absolute Gasteiger partial charge is 0.123 e. The zero-order valence-electron chi connectivity index (χ0n) is 8.55. The number of anilines is 1. The molecule has 0 unspecified atom stereocenters. The third-order valence-corrected chi connectivity index (χ3v) is 2.71. The maximum Gasteiger partial charge on any atom is 0.123 e. The molecule has 14 heavy (non-hydrogen) atoms. The van der Waals surface area contributed by atoms with Gasteiger partial charge in [0, 0.05) is 24.8 Å². The van der Waals surface area contributed by atoms with Gasteiger partial charge in [-0.05, 0) is 37.1 Å². The fraction of sp³-hybridized carbons (Fsp3) is 0.333. The summed E-state index contributed by atoms with van der Waals surface area (Å²) < 4.78 is 13.1. The van der Waals surface area contributed by atoms with Crippen LogP contribution in [0.25, 0.3) is 5.57 Å². The maximum atomic E-state index is 13.1. The average molecular weight is 191 g/mol. The summed E-state index contributed by atoms with van der Waals surface area (Å²) in [6, 6.07) is 4.99. The van der Waals surface area contributed by atoms with Crippen LogP contribution in [-0.2, 0) is 0 Å². The van der Waals surface area contributed by atoms with E-state index < -0.39 is 0 Å². The van der Waals surface area contributed by atoms with Crippen LogP contribution in [0.5, 0.6) is 0 Å². The van der Waals surface area contributed by atoms with E-state index in [1.54, 1.807) is 6.07 Å². The minimum Gasteiger partial charge on any atom is -0.374 e. The average Bonchev–Trinajstić information content (AvgIpc) is 2.28. The first-order valence-electron chi connectivity index (χ1n) is 4.86. The van der Waals surface area contributed by atoms with Gasteiger partial charge in [-0.3, -0.25) is 0 Å². The van der Waals surface area contributed by atoms with Crippen LogP contribution in [0.3, 0.4) is 0 Å². The van der Waals surface area contributed by atoms with Gasteiger partial charge in [0.05, 0.1) is 0 Å². The second-order valence-electron chi connectivity index (χ2n) is 3.76. The van der Waals surface area contributed by atoms with Crippen LogP contribution < -0.4 is 4.90 Å². The van der Waals surface area contributed by atoms with Crippen LogP contribution in [0.2, 0.25) is 0 Å². The third-order valence-electron chi connectivity index (χ3n) is 2.71. The monoisotopic (exact) mass is 191 g/mol. The zero-order chi connectivity index (χ0) is 10.1. The van der Waals surface area contributed by atoms with E-state index in [0.29, 0.717) is 0 Å². The number of allylic oxidation sites excluding steroid dienone is 1. The third kappa shape index (κ3) is 1.52. The molecule has 0 fully saturated rings. The summed E-state index contributed by atoms with van der Waals surface area (Å²) in [5.41, 5.74) is 3.31. The molecule has 1 heterocycles. The van der Waals surface area contributed by atoms with Crippen LogP contribution >= 0.6 is 0 Å². The van der Waals surface area contributed by atoms with Gasteiger partial charge in [-0.25, -0.2) is 4.39 Å². The van der Waals surface area contributed by atoms with Gasteiger partial charge < -0.3 is 4.90 Å². The Morgan fingerprint density at radius 3 is 2.93 bits per heavy atom. The quantitative estimate of drug-likeness (QED) is 0.609. The molecule has 0 N–H and O–H groups in total. The Morgan fingerprint density at radius 2 is 2.14 bits per heavy atom. The standard InChI is InChI=1S/C12H14FN/c1-9-4-3-7-14(2)12-6-5-10(13)8-11(9)12/h4-6,8H,3,7H2,1-2H3. The molecule has 1 aromatic rings.